The van der Waals surface area contributed by atoms with Gasteiger partial charge in [0.25, 0.3) is 0 Å². The molecule has 0 bridgehead atoms. The van der Waals surface area contributed by atoms with E-state index in [2.05, 4.69) is 31.1 Å². The molecule has 0 spiro atoms. The number of piperidine rings is 1. The molecule has 18 heavy (non-hydrogen) atoms. The Labute approximate surface area is 113 Å². The highest BCUT2D eigenvalue weighted by Gasteiger charge is 2.29. The molecule has 3 atom stereocenters. The van der Waals surface area contributed by atoms with Gasteiger partial charge in [0.05, 0.1) is 5.69 Å². The summed E-state index contributed by atoms with van der Waals surface area (Å²) < 4.78 is 13.7. The van der Waals surface area contributed by atoms with Crippen molar-refractivity contribution in [1.82, 2.24) is 4.90 Å². The Morgan fingerprint density at radius 2 is 2.11 bits per heavy atom. The Morgan fingerprint density at radius 3 is 2.78 bits per heavy atom. The first-order chi connectivity index (χ1) is 8.47. The normalized spacial score (nSPS) is 29.3. The monoisotopic (exact) mass is 270 g/mol. The van der Waals surface area contributed by atoms with Crippen LogP contribution in [0.2, 0.25) is 5.02 Å². The van der Waals surface area contributed by atoms with Gasteiger partial charge < -0.3 is 10.2 Å². The second-order valence-corrected chi connectivity index (χ2v) is 5.81. The molecule has 4 heteroatoms. The fraction of sp³-hybridized carbons (Fsp3) is 0.571. The minimum Gasteiger partial charge on any atom is -0.380 e. The smallest absolute Gasteiger partial charge is 0.147 e. The van der Waals surface area contributed by atoms with E-state index in [-0.39, 0.29) is 5.82 Å². The largest absolute Gasteiger partial charge is 0.380 e. The molecule has 100 valence electrons. The van der Waals surface area contributed by atoms with Crippen molar-refractivity contribution >= 4 is 17.3 Å². The van der Waals surface area contributed by atoms with Gasteiger partial charge >= 0.3 is 0 Å². The lowest BCUT2D eigenvalue weighted by Crippen LogP contribution is -2.48. The van der Waals surface area contributed by atoms with Crippen LogP contribution >= 0.6 is 11.6 Å². The molecule has 1 aliphatic rings. The highest BCUT2D eigenvalue weighted by Crippen LogP contribution is 2.26. The molecule has 1 aromatic carbocycles. The van der Waals surface area contributed by atoms with Crippen molar-refractivity contribution in [2.45, 2.75) is 32.4 Å². The van der Waals surface area contributed by atoms with E-state index in [0.29, 0.717) is 28.7 Å². The van der Waals surface area contributed by atoms with Gasteiger partial charge in [-0.15, -0.1) is 0 Å². The molecule has 1 fully saturated rings. The molecule has 2 nitrogen and oxygen atoms in total. The second kappa shape index (κ2) is 5.45. The lowest BCUT2D eigenvalue weighted by atomic mass is 9.89. The third-order valence-electron chi connectivity index (χ3n) is 3.88. The number of likely N-dealkylation sites (tertiary alicyclic amines) is 1. The average Bonchev–Trinajstić information content (AvgIpc) is 2.29. The predicted molar refractivity (Wildman–Crippen MR) is 74.7 cm³/mol. The van der Waals surface area contributed by atoms with Crippen LogP contribution in [0.25, 0.3) is 0 Å². The van der Waals surface area contributed by atoms with Gasteiger partial charge in [-0.05, 0) is 44.5 Å². The van der Waals surface area contributed by atoms with Crippen LogP contribution in [0.15, 0.2) is 18.2 Å². The zero-order valence-electron chi connectivity index (χ0n) is 11.1. The number of anilines is 1. The van der Waals surface area contributed by atoms with E-state index in [9.17, 15) is 4.39 Å². The van der Waals surface area contributed by atoms with E-state index < -0.39 is 0 Å². The third-order valence-corrected chi connectivity index (χ3v) is 4.12. The fourth-order valence-electron chi connectivity index (χ4n) is 2.55. The van der Waals surface area contributed by atoms with E-state index >= 15 is 0 Å². The minimum atomic E-state index is -0.277. The second-order valence-electron chi connectivity index (χ2n) is 5.38. The van der Waals surface area contributed by atoms with Crippen molar-refractivity contribution in [1.29, 1.82) is 0 Å². The van der Waals surface area contributed by atoms with Crippen LogP contribution in [0.4, 0.5) is 10.1 Å². The number of hydrogen-bond donors (Lipinski definition) is 1. The van der Waals surface area contributed by atoms with Gasteiger partial charge in [-0.2, -0.15) is 0 Å². The Balaban J connectivity index is 2.08. The summed E-state index contributed by atoms with van der Waals surface area (Å²) in [5, 5.41) is 3.75. The number of benzene rings is 1. The summed E-state index contributed by atoms with van der Waals surface area (Å²) in [5.41, 5.74) is 0.549. The average molecular weight is 271 g/mol. The van der Waals surface area contributed by atoms with Gasteiger partial charge in [-0.25, -0.2) is 4.39 Å². The van der Waals surface area contributed by atoms with Gasteiger partial charge in [-0.1, -0.05) is 18.5 Å². The Hall–Kier alpha value is -0.800. The van der Waals surface area contributed by atoms with Crippen LogP contribution in [0.1, 0.15) is 20.3 Å². The summed E-state index contributed by atoms with van der Waals surface area (Å²) in [5.74, 6) is 0.225. The Bertz CT molecular complexity index is 424. The third kappa shape index (κ3) is 2.96. The Morgan fingerprint density at radius 1 is 1.39 bits per heavy atom. The number of nitrogens with one attached hydrogen (secondary N) is 1. The lowest BCUT2D eigenvalue weighted by Gasteiger charge is -2.40. The molecule has 1 aromatic rings. The molecule has 2 rings (SSSR count). The first-order valence-electron chi connectivity index (χ1n) is 6.39. The van der Waals surface area contributed by atoms with Gasteiger partial charge in [-0.3, -0.25) is 0 Å². The molecular weight excluding hydrogens is 251 g/mol. The van der Waals surface area contributed by atoms with Gasteiger partial charge in [0.2, 0.25) is 0 Å². The van der Waals surface area contributed by atoms with Crippen molar-refractivity contribution in [3.8, 4) is 0 Å². The summed E-state index contributed by atoms with van der Waals surface area (Å²) in [4.78, 5) is 2.35. The number of rotatable bonds is 2. The molecule has 1 N–H and O–H groups in total. The molecular formula is C14H20ClFN2. The SMILES string of the molecule is CC1CN(C)C(C)CC1Nc1ccc(Cl)cc1F. The maximum Gasteiger partial charge on any atom is 0.147 e. The predicted octanol–water partition coefficient (Wildman–Crippen LogP) is 3.62. The van der Waals surface area contributed by atoms with Gasteiger partial charge in [0.1, 0.15) is 5.82 Å². The lowest BCUT2D eigenvalue weighted by molar-refractivity contribution is 0.145. The zero-order valence-corrected chi connectivity index (χ0v) is 11.8. The molecule has 1 heterocycles. The van der Waals surface area contributed by atoms with Crippen LogP contribution in [0.5, 0.6) is 0 Å². The molecule has 3 unspecified atom stereocenters. The zero-order chi connectivity index (χ0) is 13.3. The summed E-state index contributed by atoms with van der Waals surface area (Å²) in [6.07, 6.45) is 1.03. The summed E-state index contributed by atoms with van der Waals surface area (Å²) in [6, 6.07) is 5.62. The van der Waals surface area contributed by atoms with E-state index in [4.69, 9.17) is 11.6 Å². The van der Waals surface area contributed by atoms with Crippen molar-refractivity contribution in [2.75, 3.05) is 18.9 Å². The van der Waals surface area contributed by atoms with Crippen LogP contribution < -0.4 is 5.32 Å². The van der Waals surface area contributed by atoms with Crippen LogP contribution in [-0.2, 0) is 0 Å². The van der Waals surface area contributed by atoms with Crippen molar-refractivity contribution in [3.63, 3.8) is 0 Å². The maximum absolute atomic E-state index is 13.7. The molecule has 0 radical (unpaired) electrons. The number of nitrogens with zero attached hydrogens (tertiary/aromatic N) is 1. The summed E-state index contributed by atoms with van der Waals surface area (Å²) in [7, 11) is 2.14. The van der Waals surface area contributed by atoms with Crippen LogP contribution in [0, 0.1) is 11.7 Å². The molecule has 1 saturated heterocycles. The molecule has 0 amide bonds. The van der Waals surface area contributed by atoms with Crippen molar-refractivity contribution in [2.24, 2.45) is 5.92 Å². The molecule has 1 aliphatic heterocycles. The number of hydrogen-bond acceptors (Lipinski definition) is 2. The van der Waals surface area contributed by atoms with Crippen LogP contribution in [-0.4, -0.2) is 30.6 Å². The van der Waals surface area contributed by atoms with Crippen molar-refractivity contribution < 1.29 is 4.39 Å². The maximum atomic E-state index is 13.7. The Kier molecular flexibility index (Phi) is 4.13. The van der Waals surface area contributed by atoms with Gasteiger partial charge in [0, 0.05) is 23.7 Å². The first kappa shape index (κ1) is 13.6. The van der Waals surface area contributed by atoms with Gasteiger partial charge in [0.15, 0.2) is 0 Å². The van der Waals surface area contributed by atoms with E-state index in [1.807, 2.05) is 0 Å². The highest BCUT2D eigenvalue weighted by atomic mass is 35.5. The summed E-state index contributed by atoms with van der Waals surface area (Å²) >= 11 is 5.76. The van der Waals surface area contributed by atoms with Crippen LogP contribution in [0.3, 0.4) is 0 Å². The van der Waals surface area contributed by atoms with E-state index in [1.54, 1.807) is 12.1 Å². The minimum absolute atomic E-state index is 0.277. The molecule has 0 aliphatic carbocycles. The fourth-order valence-corrected chi connectivity index (χ4v) is 2.71. The standard InChI is InChI=1S/C14H20ClFN2/c1-9-8-18(3)10(2)6-14(9)17-13-5-4-11(15)7-12(13)16/h4-5,7,9-10,14,17H,6,8H2,1-3H3. The first-order valence-corrected chi connectivity index (χ1v) is 6.77. The van der Waals surface area contributed by atoms with Crippen molar-refractivity contribution in [3.05, 3.63) is 29.0 Å². The molecule has 0 saturated carbocycles. The molecule has 0 aromatic heterocycles. The summed E-state index contributed by atoms with van der Waals surface area (Å²) in [6.45, 7) is 5.45. The van der Waals surface area contributed by atoms with E-state index in [0.717, 1.165) is 13.0 Å². The number of halogens is 2. The highest BCUT2D eigenvalue weighted by molar-refractivity contribution is 6.30. The quantitative estimate of drug-likeness (QED) is 0.883. The topological polar surface area (TPSA) is 15.3 Å². The van der Waals surface area contributed by atoms with E-state index in [1.165, 1.54) is 6.07 Å².